The largest absolute Gasteiger partial charge is 0.508 e. The Balaban J connectivity index is 1.31. The summed E-state index contributed by atoms with van der Waals surface area (Å²) in [6, 6.07) is 21.7. The maximum atomic E-state index is 13.9. The molecule has 0 saturated carbocycles. The lowest BCUT2D eigenvalue weighted by Crippen LogP contribution is -2.45. The number of nitrogens with zero attached hydrogens (tertiary/aromatic N) is 1. The van der Waals surface area contributed by atoms with Gasteiger partial charge in [0.2, 0.25) is 11.8 Å². The molecule has 0 radical (unpaired) electrons. The van der Waals surface area contributed by atoms with Crippen molar-refractivity contribution in [3.05, 3.63) is 93.9 Å². The minimum atomic E-state index is -1.37. The van der Waals surface area contributed by atoms with Crippen LogP contribution in [0.15, 0.2) is 88.3 Å². The van der Waals surface area contributed by atoms with Crippen LogP contribution in [0.4, 0.5) is 17.1 Å². The van der Waals surface area contributed by atoms with Gasteiger partial charge >= 0.3 is 7.12 Å². The number of hydrogen-bond acceptors (Lipinski definition) is 7. The van der Waals surface area contributed by atoms with Gasteiger partial charge in [0.05, 0.1) is 30.2 Å². The summed E-state index contributed by atoms with van der Waals surface area (Å²) in [7, 11) is -1.37. The van der Waals surface area contributed by atoms with E-state index in [1.165, 1.54) is 11.0 Å². The van der Waals surface area contributed by atoms with Crippen LogP contribution in [0.5, 0.6) is 5.75 Å². The van der Waals surface area contributed by atoms with E-state index in [0.29, 0.717) is 22.3 Å². The van der Waals surface area contributed by atoms with Gasteiger partial charge in [-0.3, -0.25) is 14.5 Å². The second kappa shape index (κ2) is 10.3. The quantitative estimate of drug-likeness (QED) is 0.256. The van der Waals surface area contributed by atoms with Crippen LogP contribution < -0.4 is 10.2 Å². The zero-order valence-corrected chi connectivity index (χ0v) is 22.4. The zero-order valence-electron chi connectivity index (χ0n) is 20.8. The molecule has 0 bridgehead atoms. The molecule has 0 aromatic heterocycles. The predicted molar refractivity (Wildman–Crippen MR) is 150 cm³/mol. The minimum Gasteiger partial charge on any atom is -0.508 e. The number of carbonyl (C=O) groups is 2. The van der Waals surface area contributed by atoms with Crippen molar-refractivity contribution in [2.24, 2.45) is 17.8 Å². The van der Waals surface area contributed by atoms with Crippen molar-refractivity contribution in [2.45, 2.75) is 18.9 Å². The standard InChI is InChI=1S/C29H26BBrN2O6/c31-17-6-11-24(35)21(13-17)25-14-22-26-23(12-16(15-34)27(22)30(38)39-25)28(36)33(29(26)37)20-9-7-19(8-10-20)32-18-4-2-1-3-5-18/h1-11,13,22-23,25-26,32,34-35,38H,12,14-15H2/t22-,23-,25-,26+/m0/s1. The van der Waals surface area contributed by atoms with Crippen molar-refractivity contribution < 1.29 is 29.5 Å². The third kappa shape index (κ3) is 4.57. The average molecular weight is 589 g/mol. The molecule has 0 spiro atoms. The highest BCUT2D eigenvalue weighted by Gasteiger charge is 2.58. The van der Waals surface area contributed by atoms with Gasteiger partial charge in [-0.1, -0.05) is 34.1 Å². The molecule has 0 unspecified atom stereocenters. The van der Waals surface area contributed by atoms with Gasteiger partial charge in [-0.05, 0) is 84.4 Å². The lowest BCUT2D eigenvalue weighted by molar-refractivity contribution is -0.123. The van der Waals surface area contributed by atoms with Gasteiger partial charge in [-0.2, -0.15) is 0 Å². The van der Waals surface area contributed by atoms with E-state index in [0.717, 1.165) is 15.8 Å². The number of benzene rings is 3. The van der Waals surface area contributed by atoms with E-state index in [2.05, 4.69) is 21.2 Å². The molecule has 3 aliphatic rings. The lowest BCUT2D eigenvalue weighted by Gasteiger charge is -2.42. The highest BCUT2D eigenvalue weighted by Crippen LogP contribution is 2.52. The fourth-order valence-electron chi connectivity index (χ4n) is 6.18. The van der Waals surface area contributed by atoms with Crippen LogP contribution in [-0.4, -0.2) is 40.8 Å². The number of imide groups is 1. The van der Waals surface area contributed by atoms with Crippen LogP contribution in [0.1, 0.15) is 24.5 Å². The van der Waals surface area contributed by atoms with Gasteiger partial charge < -0.3 is 25.2 Å². The number of nitrogens with one attached hydrogen (secondary N) is 1. The first-order valence-corrected chi connectivity index (χ1v) is 13.6. The van der Waals surface area contributed by atoms with Gasteiger partial charge in [-0.25, -0.2) is 0 Å². The SMILES string of the molecule is O=C1[C@H]2[C@H](CC(CO)=C3B(O)O[C@H](c4cc(Br)ccc4O)C[C@H]32)C(=O)N1c1ccc(Nc2ccccc2)cc1. The Kier molecular flexibility index (Phi) is 6.80. The third-order valence-electron chi connectivity index (χ3n) is 7.93. The number of hydrogen-bond donors (Lipinski definition) is 4. The first-order chi connectivity index (χ1) is 18.9. The van der Waals surface area contributed by atoms with Gasteiger partial charge in [0.25, 0.3) is 0 Å². The van der Waals surface area contributed by atoms with E-state index in [9.17, 15) is 24.8 Å². The van der Waals surface area contributed by atoms with Crippen molar-refractivity contribution in [3.8, 4) is 5.75 Å². The van der Waals surface area contributed by atoms with E-state index in [1.54, 1.807) is 24.3 Å². The van der Waals surface area contributed by atoms with Crippen LogP contribution >= 0.6 is 15.9 Å². The molecule has 3 aromatic carbocycles. The van der Waals surface area contributed by atoms with Crippen LogP contribution in [0.3, 0.4) is 0 Å². The summed E-state index contributed by atoms with van der Waals surface area (Å²) in [5.74, 6) is -2.53. The van der Waals surface area contributed by atoms with E-state index in [4.69, 9.17) is 4.65 Å². The average Bonchev–Trinajstić information content (AvgIpc) is 3.19. The molecule has 198 valence electrons. The van der Waals surface area contributed by atoms with Gasteiger partial charge in [0, 0.05) is 21.4 Å². The van der Waals surface area contributed by atoms with Gasteiger partial charge in [0.1, 0.15) is 5.75 Å². The second-order valence-corrected chi connectivity index (χ2v) is 11.0. The number of rotatable bonds is 5. The van der Waals surface area contributed by atoms with Gasteiger partial charge in [-0.15, -0.1) is 0 Å². The van der Waals surface area contributed by atoms with Crippen molar-refractivity contribution >= 4 is 51.9 Å². The van der Waals surface area contributed by atoms with E-state index in [1.807, 2.05) is 42.5 Å². The maximum absolute atomic E-state index is 13.9. The number of fused-ring (bicyclic) bond motifs is 3. The summed E-state index contributed by atoms with van der Waals surface area (Å²) in [6.07, 6.45) is -0.256. The third-order valence-corrected chi connectivity index (χ3v) is 8.42. The topological polar surface area (TPSA) is 119 Å². The number of aliphatic hydroxyl groups is 1. The number of halogens is 1. The van der Waals surface area contributed by atoms with Crippen molar-refractivity contribution in [1.82, 2.24) is 0 Å². The summed E-state index contributed by atoms with van der Waals surface area (Å²) in [5, 5.41) is 34.9. The van der Waals surface area contributed by atoms with Crippen LogP contribution in [0.25, 0.3) is 0 Å². The molecular weight excluding hydrogens is 563 g/mol. The highest BCUT2D eigenvalue weighted by molar-refractivity contribution is 9.10. The van der Waals surface area contributed by atoms with E-state index in [-0.39, 0.29) is 37.0 Å². The van der Waals surface area contributed by atoms with Crippen LogP contribution in [-0.2, 0) is 14.2 Å². The summed E-state index contributed by atoms with van der Waals surface area (Å²) in [4.78, 5) is 28.7. The molecule has 2 heterocycles. The Labute approximate surface area is 234 Å². The molecule has 10 heteroatoms. The zero-order chi connectivity index (χ0) is 27.3. The molecule has 4 atom stereocenters. The fourth-order valence-corrected chi connectivity index (χ4v) is 6.56. The normalized spacial score (nSPS) is 24.6. The monoisotopic (exact) mass is 588 g/mol. The summed E-state index contributed by atoms with van der Waals surface area (Å²) < 4.78 is 6.61. The number of anilines is 3. The molecular formula is C29H26BBrN2O6. The number of allylic oxidation sites excluding steroid dienone is 1. The Bertz CT molecular complexity index is 1460. The second-order valence-electron chi connectivity index (χ2n) is 10.1. The smallest absolute Gasteiger partial charge is 0.487 e. The van der Waals surface area contributed by atoms with E-state index < -0.39 is 31.0 Å². The lowest BCUT2D eigenvalue weighted by atomic mass is 9.55. The molecule has 4 N–H and O–H groups in total. The molecule has 2 amide bonds. The Morgan fingerprint density at radius 3 is 2.41 bits per heavy atom. The number of phenols is 1. The van der Waals surface area contributed by atoms with Gasteiger partial charge in [0.15, 0.2) is 0 Å². The molecule has 8 nitrogen and oxygen atoms in total. The minimum absolute atomic E-state index is 0.0113. The highest BCUT2D eigenvalue weighted by atomic mass is 79.9. The van der Waals surface area contributed by atoms with Crippen LogP contribution in [0, 0.1) is 17.8 Å². The maximum Gasteiger partial charge on any atom is 0.487 e. The Morgan fingerprint density at radius 1 is 0.974 bits per heavy atom. The summed E-state index contributed by atoms with van der Waals surface area (Å²) in [6.45, 7) is -0.344. The van der Waals surface area contributed by atoms with E-state index >= 15 is 0 Å². The number of aromatic hydroxyl groups is 1. The summed E-state index contributed by atoms with van der Waals surface area (Å²) >= 11 is 3.41. The molecule has 2 aliphatic heterocycles. The molecule has 6 rings (SSSR count). The molecule has 2 fully saturated rings. The van der Waals surface area contributed by atoms with Crippen molar-refractivity contribution in [3.63, 3.8) is 0 Å². The Hall–Kier alpha value is -3.44. The molecule has 39 heavy (non-hydrogen) atoms. The number of aliphatic hydroxyl groups excluding tert-OH is 1. The molecule has 2 saturated heterocycles. The first-order valence-electron chi connectivity index (χ1n) is 12.8. The molecule has 1 aliphatic carbocycles. The number of amides is 2. The Morgan fingerprint density at radius 2 is 1.69 bits per heavy atom. The number of phenolic OH excluding ortho intramolecular Hbond substituents is 1. The summed E-state index contributed by atoms with van der Waals surface area (Å²) in [5.41, 5.74) is 3.68. The number of carbonyl (C=O) groups excluding carboxylic acids is 2. The van der Waals surface area contributed by atoms with Crippen molar-refractivity contribution in [1.29, 1.82) is 0 Å². The van der Waals surface area contributed by atoms with Crippen LogP contribution in [0.2, 0.25) is 0 Å². The van der Waals surface area contributed by atoms with Crippen molar-refractivity contribution in [2.75, 3.05) is 16.8 Å². The fraction of sp³-hybridized carbons (Fsp3) is 0.241. The predicted octanol–water partition coefficient (Wildman–Crippen LogP) is 4.49. The molecule has 3 aromatic rings. The first kappa shape index (κ1) is 25.8. The number of para-hydroxylation sites is 1.